The van der Waals surface area contributed by atoms with Crippen LogP contribution in [0.25, 0.3) is 0 Å². The maximum Gasteiger partial charge on any atom is 0.0208 e. The van der Waals surface area contributed by atoms with Gasteiger partial charge in [0.15, 0.2) is 0 Å². The van der Waals surface area contributed by atoms with Gasteiger partial charge in [0, 0.05) is 6.54 Å². The molecule has 1 aliphatic heterocycles. The van der Waals surface area contributed by atoms with Gasteiger partial charge < -0.3 is 5.32 Å². The highest BCUT2D eigenvalue weighted by Gasteiger charge is 2.07. The molecule has 84 valence electrons. The van der Waals surface area contributed by atoms with Gasteiger partial charge in [0.05, 0.1) is 0 Å². The Morgan fingerprint density at radius 1 is 1.13 bits per heavy atom. The highest BCUT2D eigenvalue weighted by molar-refractivity contribution is 5.33. The minimum absolute atomic E-state index is 1.05. The summed E-state index contributed by atoms with van der Waals surface area (Å²) in [6, 6.07) is 6.86. The molecule has 0 bridgehead atoms. The first kappa shape index (κ1) is 12.3. The smallest absolute Gasteiger partial charge is 0.0208 e. The zero-order valence-electron chi connectivity index (χ0n) is 10.3. The fourth-order valence-corrected chi connectivity index (χ4v) is 1.75. The molecule has 2 rings (SSSR count). The van der Waals surface area contributed by atoms with Gasteiger partial charge in [-0.05, 0) is 36.1 Å². The third-order valence-electron chi connectivity index (χ3n) is 2.57. The van der Waals surface area contributed by atoms with E-state index in [0.717, 1.165) is 19.5 Å². The first-order valence-corrected chi connectivity index (χ1v) is 6.13. The van der Waals surface area contributed by atoms with Crippen molar-refractivity contribution in [2.45, 2.75) is 46.6 Å². The molecular weight excluding hydrogens is 182 g/mol. The first-order chi connectivity index (χ1) is 7.31. The lowest BCUT2D eigenvalue weighted by Crippen LogP contribution is -2.23. The number of fused-ring (bicyclic) bond motifs is 1. The minimum atomic E-state index is 1.05. The van der Waals surface area contributed by atoms with E-state index in [2.05, 4.69) is 44.3 Å². The van der Waals surface area contributed by atoms with E-state index in [-0.39, 0.29) is 0 Å². The molecule has 1 heterocycles. The van der Waals surface area contributed by atoms with Crippen LogP contribution in [0, 0.1) is 0 Å². The van der Waals surface area contributed by atoms with Gasteiger partial charge in [-0.25, -0.2) is 0 Å². The zero-order chi connectivity index (χ0) is 11.1. The predicted octanol–water partition coefficient (Wildman–Crippen LogP) is 3.31. The summed E-state index contributed by atoms with van der Waals surface area (Å²) in [5.74, 6) is 0. The van der Waals surface area contributed by atoms with Crippen molar-refractivity contribution in [2.24, 2.45) is 0 Å². The van der Waals surface area contributed by atoms with Crippen molar-refractivity contribution in [3.63, 3.8) is 0 Å². The topological polar surface area (TPSA) is 12.0 Å². The summed E-state index contributed by atoms with van der Waals surface area (Å²) in [5.41, 5.74) is 4.50. The fourth-order valence-electron chi connectivity index (χ4n) is 1.75. The molecule has 1 aliphatic rings. The van der Waals surface area contributed by atoms with E-state index < -0.39 is 0 Å². The summed E-state index contributed by atoms with van der Waals surface area (Å²) >= 11 is 0. The van der Waals surface area contributed by atoms with Gasteiger partial charge >= 0.3 is 0 Å². The Kier molecular flexibility index (Phi) is 5.41. The maximum absolute atomic E-state index is 3.38. The highest BCUT2D eigenvalue weighted by atomic mass is 14.9. The predicted molar refractivity (Wildman–Crippen MR) is 67.2 cm³/mol. The average Bonchev–Trinajstić information content (AvgIpc) is 2.29. The van der Waals surface area contributed by atoms with E-state index >= 15 is 0 Å². The van der Waals surface area contributed by atoms with Gasteiger partial charge in [0.1, 0.15) is 0 Å². The van der Waals surface area contributed by atoms with E-state index in [1.54, 1.807) is 5.56 Å². The fraction of sp³-hybridized carbons (Fsp3) is 0.571. The summed E-state index contributed by atoms with van der Waals surface area (Å²) < 4.78 is 0. The van der Waals surface area contributed by atoms with Crippen LogP contribution in [0.15, 0.2) is 18.2 Å². The minimum Gasteiger partial charge on any atom is -0.312 e. The molecule has 0 radical (unpaired) electrons. The summed E-state index contributed by atoms with van der Waals surface area (Å²) in [5, 5.41) is 3.38. The molecule has 0 saturated heterocycles. The molecule has 0 amide bonds. The van der Waals surface area contributed by atoms with E-state index in [0.29, 0.717) is 0 Å². The van der Waals surface area contributed by atoms with Crippen molar-refractivity contribution in [1.82, 2.24) is 5.32 Å². The van der Waals surface area contributed by atoms with E-state index in [1.807, 2.05) is 0 Å². The third-order valence-corrected chi connectivity index (χ3v) is 2.57. The van der Waals surface area contributed by atoms with Crippen LogP contribution >= 0.6 is 0 Å². The van der Waals surface area contributed by atoms with Gasteiger partial charge in [-0.2, -0.15) is 0 Å². The summed E-state index contributed by atoms with van der Waals surface area (Å²) in [6.45, 7) is 8.66. The van der Waals surface area contributed by atoms with Crippen molar-refractivity contribution < 1.29 is 0 Å². The number of aryl methyl sites for hydroxylation is 1. The lowest BCUT2D eigenvalue weighted by molar-refractivity contribution is 0.643. The summed E-state index contributed by atoms with van der Waals surface area (Å²) in [6.07, 6.45) is 3.60. The van der Waals surface area contributed by atoms with E-state index in [9.17, 15) is 0 Å². The third kappa shape index (κ3) is 3.67. The molecule has 1 aromatic rings. The largest absolute Gasteiger partial charge is 0.312 e. The Morgan fingerprint density at radius 2 is 1.87 bits per heavy atom. The summed E-state index contributed by atoms with van der Waals surface area (Å²) in [7, 11) is 0. The van der Waals surface area contributed by atoms with Crippen LogP contribution in [-0.2, 0) is 19.4 Å². The second-order valence-electron chi connectivity index (χ2n) is 4.09. The van der Waals surface area contributed by atoms with Gasteiger partial charge in [-0.3, -0.25) is 0 Å². The van der Waals surface area contributed by atoms with Crippen molar-refractivity contribution in [3.05, 3.63) is 34.9 Å². The Balaban J connectivity index is 0.000000337. The van der Waals surface area contributed by atoms with Gasteiger partial charge in [-0.1, -0.05) is 45.4 Å². The second-order valence-corrected chi connectivity index (χ2v) is 4.09. The van der Waals surface area contributed by atoms with Crippen molar-refractivity contribution in [2.75, 3.05) is 6.54 Å². The van der Waals surface area contributed by atoms with Crippen molar-refractivity contribution in [1.29, 1.82) is 0 Å². The molecule has 1 aromatic carbocycles. The second kappa shape index (κ2) is 6.62. The Morgan fingerprint density at radius 3 is 2.53 bits per heavy atom. The van der Waals surface area contributed by atoms with Gasteiger partial charge in [0.2, 0.25) is 0 Å². The van der Waals surface area contributed by atoms with Crippen LogP contribution in [0.1, 0.15) is 43.9 Å². The molecule has 0 spiro atoms. The number of hydrogen-bond acceptors (Lipinski definition) is 1. The SMILES string of the molecule is CCC.CCc1ccc2c(c1)CCNC2. The standard InChI is InChI=1S/C11H15N.C3H8/c1-2-9-3-4-11-8-12-6-5-10(11)7-9;1-3-2/h3-4,7,12H,2,5-6,8H2,1H3;3H2,1-2H3. The van der Waals surface area contributed by atoms with Gasteiger partial charge in [0.25, 0.3) is 0 Å². The highest BCUT2D eigenvalue weighted by Crippen LogP contribution is 2.15. The van der Waals surface area contributed by atoms with Crippen LogP contribution in [0.2, 0.25) is 0 Å². The monoisotopic (exact) mass is 205 g/mol. The molecule has 0 saturated carbocycles. The Labute approximate surface area is 93.9 Å². The number of benzene rings is 1. The zero-order valence-corrected chi connectivity index (χ0v) is 10.3. The van der Waals surface area contributed by atoms with Crippen LogP contribution in [0.5, 0.6) is 0 Å². The molecular formula is C14H23N. The molecule has 0 unspecified atom stereocenters. The quantitative estimate of drug-likeness (QED) is 0.741. The lowest BCUT2D eigenvalue weighted by atomic mass is 9.98. The average molecular weight is 205 g/mol. The first-order valence-electron chi connectivity index (χ1n) is 6.13. The Bertz CT molecular complexity index is 291. The molecule has 0 aliphatic carbocycles. The Hall–Kier alpha value is -0.820. The van der Waals surface area contributed by atoms with E-state index in [1.165, 1.54) is 24.0 Å². The number of hydrogen-bond donors (Lipinski definition) is 1. The van der Waals surface area contributed by atoms with Crippen LogP contribution < -0.4 is 5.32 Å². The number of nitrogens with one attached hydrogen (secondary N) is 1. The normalized spacial score (nSPS) is 13.8. The van der Waals surface area contributed by atoms with E-state index in [4.69, 9.17) is 0 Å². The number of rotatable bonds is 1. The molecule has 0 fully saturated rings. The van der Waals surface area contributed by atoms with Gasteiger partial charge in [-0.15, -0.1) is 0 Å². The molecule has 1 heteroatoms. The molecule has 1 nitrogen and oxygen atoms in total. The van der Waals surface area contributed by atoms with Crippen molar-refractivity contribution >= 4 is 0 Å². The summed E-state index contributed by atoms with van der Waals surface area (Å²) in [4.78, 5) is 0. The van der Waals surface area contributed by atoms with Crippen LogP contribution in [-0.4, -0.2) is 6.54 Å². The lowest BCUT2D eigenvalue weighted by Gasteiger charge is -2.17. The van der Waals surface area contributed by atoms with Crippen LogP contribution in [0.4, 0.5) is 0 Å². The molecule has 0 atom stereocenters. The van der Waals surface area contributed by atoms with Crippen molar-refractivity contribution in [3.8, 4) is 0 Å². The molecule has 1 N–H and O–H groups in total. The van der Waals surface area contributed by atoms with Crippen LogP contribution in [0.3, 0.4) is 0 Å². The molecule has 15 heavy (non-hydrogen) atoms. The maximum atomic E-state index is 3.38. The molecule has 0 aromatic heterocycles.